The van der Waals surface area contributed by atoms with Gasteiger partial charge in [-0.3, -0.25) is 4.79 Å². The van der Waals surface area contributed by atoms with Gasteiger partial charge in [0.05, 0.1) is 17.7 Å². The number of carboxylic acid groups (broad SMARTS) is 1. The van der Waals surface area contributed by atoms with Gasteiger partial charge in [0.1, 0.15) is 11.6 Å². The van der Waals surface area contributed by atoms with E-state index in [1.807, 2.05) is 0 Å². The topological polar surface area (TPSA) is 105 Å². The highest BCUT2D eigenvalue weighted by molar-refractivity contribution is 5.97. The van der Waals surface area contributed by atoms with Gasteiger partial charge in [0, 0.05) is 5.56 Å². The Morgan fingerprint density at radius 3 is 2.65 bits per heavy atom. The second kappa shape index (κ2) is 7.09. The molecule has 7 nitrogen and oxygen atoms in total. The van der Waals surface area contributed by atoms with Gasteiger partial charge in [-0.25, -0.2) is 13.6 Å². The Hall–Kier alpha value is -3.62. The first kappa shape index (κ1) is 17.2. The third-order valence-electron chi connectivity index (χ3n) is 3.41. The van der Waals surface area contributed by atoms with Crippen LogP contribution in [-0.2, 0) is 6.54 Å². The third-order valence-corrected chi connectivity index (χ3v) is 3.41. The molecule has 0 bridgehead atoms. The number of halogens is 2. The first-order chi connectivity index (χ1) is 12.4. The fourth-order valence-corrected chi connectivity index (χ4v) is 2.16. The number of rotatable bonds is 5. The number of carboxylic acids is 1. The summed E-state index contributed by atoms with van der Waals surface area (Å²) in [4.78, 5) is 26.9. The molecule has 0 atom stereocenters. The van der Waals surface area contributed by atoms with E-state index in [0.717, 1.165) is 18.2 Å². The number of hydrogen-bond donors (Lipinski definition) is 2. The monoisotopic (exact) mass is 359 g/mol. The van der Waals surface area contributed by atoms with Crippen molar-refractivity contribution in [1.82, 2.24) is 15.5 Å². The molecule has 0 aliphatic heterocycles. The Bertz CT molecular complexity index is 988. The van der Waals surface area contributed by atoms with E-state index in [1.54, 1.807) is 0 Å². The molecular weight excluding hydrogens is 348 g/mol. The summed E-state index contributed by atoms with van der Waals surface area (Å²) in [6.45, 7) is -0.167. The molecule has 0 saturated heterocycles. The van der Waals surface area contributed by atoms with E-state index >= 15 is 0 Å². The predicted molar refractivity (Wildman–Crippen MR) is 84.2 cm³/mol. The lowest BCUT2D eigenvalue weighted by Gasteiger charge is -2.03. The number of aromatic nitrogens is 2. The van der Waals surface area contributed by atoms with E-state index in [4.69, 9.17) is 9.63 Å². The van der Waals surface area contributed by atoms with Crippen LogP contribution in [0.1, 0.15) is 26.6 Å². The molecule has 132 valence electrons. The highest BCUT2D eigenvalue weighted by Crippen LogP contribution is 2.20. The van der Waals surface area contributed by atoms with Crippen molar-refractivity contribution >= 4 is 11.9 Å². The first-order valence-corrected chi connectivity index (χ1v) is 7.33. The van der Waals surface area contributed by atoms with E-state index in [-0.39, 0.29) is 35.0 Å². The maximum absolute atomic E-state index is 13.7. The van der Waals surface area contributed by atoms with Crippen LogP contribution in [0, 0.1) is 11.6 Å². The Labute approximate surface area is 145 Å². The molecule has 0 fully saturated rings. The Morgan fingerprint density at radius 1 is 1.12 bits per heavy atom. The molecule has 9 heteroatoms. The van der Waals surface area contributed by atoms with Crippen LogP contribution in [0.4, 0.5) is 8.78 Å². The minimum Gasteiger partial charge on any atom is -0.478 e. The molecule has 1 aromatic heterocycles. The van der Waals surface area contributed by atoms with Crippen molar-refractivity contribution in [2.75, 3.05) is 0 Å². The molecule has 3 rings (SSSR count). The fraction of sp³-hybridized carbons (Fsp3) is 0.0588. The van der Waals surface area contributed by atoms with Crippen LogP contribution in [0.3, 0.4) is 0 Å². The molecule has 3 aromatic rings. The average Bonchev–Trinajstić information content (AvgIpc) is 3.10. The van der Waals surface area contributed by atoms with Gasteiger partial charge in [0.25, 0.3) is 5.91 Å². The summed E-state index contributed by atoms with van der Waals surface area (Å²) in [7, 11) is 0. The highest BCUT2D eigenvalue weighted by atomic mass is 19.1. The van der Waals surface area contributed by atoms with Gasteiger partial charge in [-0.15, -0.1) is 0 Å². The molecule has 2 aromatic carbocycles. The number of nitrogens with one attached hydrogen (secondary N) is 1. The maximum Gasteiger partial charge on any atom is 0.335 e. The van der Waals surface area contributed by atoms with Gasteiger partial charge in [-0.1, -0.05) is 11.2 Å². The van der Waals surface area contributed by atoms with Gasteiger partial charge < -0.3 is 14.9 Å². The predicted octanol–water partition coefficient (Wildman–Crippen LogP) is 2.64. The Balaban J connectivity index is 1.70. The number of nitrogens with zero attached hydrogens (tertiary/aromatic N) is 2. The van der Waals surface area contributed by atoms with Gasteiger partial charge in [0.2, 0.25) is 11.7 Å². The van der Waals surface area contributed by atoms with E-state index in [1.165, 1.54) is 24.3 Å². The highest BCUT2D eigenvalue weighted by Gasteiger charge is 2.15. The molecule has 0 saturated carbocycles. The quantitative estimate of drug-likeness (QED) is 0.726. The van der Waals surface area contributed by atoms with Crippen LogP contribution in [0.2, 0.25) is 0 Å². The zero-order chi connectivity index (χ0) is 18.7. The van der Waals surface area contributed by atoms with Crippen molar-refractivity contribution in [3.63, 3.8) is 0 Å². The average molecular weight is 359 g/mol. The summed E-state index contributed by atoms with van der Waals surface area (Å²) in [5, 5.41) is 15.0. The lowest BCUT2D eigenvalue weighted by Crippen LogP contribution is -2.23. The van der Waals surface area contributed by atoms with Crippen LogP contribution in [-0.4, -0.2) is 27.1 Å². The van der Waals surface area contributed by atoms with Crippen molar-refractivity contribution in [3.05, 3.63) is 71.1 Å². The van der Waals surface area contributed by atoms with Crippen LogP contribution in [0.25, 0.3) is 11.4 Å². The van der Waals surface area contributed by atoms with E-state index < -0.39 is 23.5 Å². The molecule has 0 radical (unpaired) electrons. The minimum atomic E-state index is -1.15. The van der Waals surface area contributed by atoms with Gasteiger partial charge in [-0.05, 0) is 36.4 Å². The maximum atomic E-state index is 13.7. The number of benzene rings is 2. The van der Waals surface area contributed by atoms with Crippen molar-refractivity contribution in [1.29, 1.82) is 0 Å². The van der Waals surface area contributed by atoms with Crippen molar-refractivity contribution in [3.8, 4) is 11.4 Å². The molecule has 0 aliphatic rings. The van der Waals surface area contributed by atoms with Crippen LogP contribution in [0.15, 0.2) is 47.0 Å². The van der Waals surface area contributed by atoms with Gasteiger partial charge in [-0.2, -0.15) is 4.98 Å². The summed E-state index contributed by atoms with van der Waals surface area (Å²) in [6.07, 6.45) is 0. The Morgan fingerprint density at radius 2 is 1.88 bits per heavy atom. The molecule has 1 amide bonds. The second-order valence-electron chi connectivity index (χ2n) is 5.20. The largest absolute Gasteiger partial charge is 0.478 e. The third kappa shape index (κ3) is 3.72. The van der Waals surface area contributed by atoms with Crippen LogP contribution < -0.4 is 5.32 Å². The van der Waals surface area contributed by atoms with Crippen molar-refractivity contribution in [2.24, 2.45) is 0 Å². The van der Waals surface area contributed by atoms with Gasteiger partial charge >= 0.3 is 5.97 Å². The second-order valence-corrected chi connectivity index (χ2v) is 5.20. The molecule has 1 heterocycles. The lowest BCUT2D eigenvalue weighted by atomic mass is 10.1. The zero-order valence-corrected chi connectivity index (χ0v) is 13.1. The van der Waals surface area contributed by atoms with E-state index in [0.29, 0.717) is 0 Å². The number of amides is 1. The summed E-state index contributed by atoms with van der Waals surface area (Å²) >= 11 is 0. The van der Waals surface area contributed by atoms with Crippen LogP contribution in [0.5, 0.6) is 0 Å². The first-order valence-electron chi connectivity index (χ1n) is 7.33. The SMILES string of the molecule is O=C(O)c1cccc(C(=O)NCc2nc(-c3cc(F)ccc3F)no2)c1. The van der Waals surface area contributed by atoms with E-state index in [2.05, 4.69) is 15.5 Å². The van der Waals surface area contributed by atoms with E-state index in [9.17, 15) is 18.4 Å². The summed E-state index contributed by atoms with van der Waals surface area (Å²) in [5.74, 6) is -3.25. The molecule has 26 heavy (non-hydrogen) atoms. The molecule has 0 unspecified atom stereocenters. The van der Waals surface area contributed by atoms with Crippen molar-refractivity contribution in [2.45, 2.75) is 6.54 Å². The number of aromatic carboxylic acids is 1. The minimum absolute atomic E-state index is 0.0219. The van der Waals surface area contributed by atoms with Crippen LogP contribution >= 0.6 is 0 Å². The molecule has 2 N–H and O–H groups in total. The summed E-state index contributed by atoms with van der Waals surface area (Å²) in [5.41, 5.74) is -0.0550. The summed E-state index contributed by atoms with van der Waals surface area (Å²) in [6, 6.07) is 8.30. The molecule has 0 aliphatic carbocycles. The summed E-state index contributed by atoms with van der Waals surface area (Å²) < 4.78 is 31.8. The number of hydrogen-bond acceptors (Lipinski definition) is 5. The van der Waals surface area contributed by atoms with Crippen molar-refractivity contribution < 1.29 is 28.0 Å². The lowest BCUT2D eigenvalue weighted by molar-refractivity contribution is 0.0697. The standard InChI is InChI=1S/C17H11F2N3O4/c18-11-4-5-13(19)12(7-11)15-21-14(26-22-15)8-20-16(23)9-2-1-3-10(6-9)17(24)25/h1-7H,8H2,(H,20,23)(H,24,25). The molecule has 0 spiro atoms. The Kier molecular flexibility index (Phi) is 4.70. The fourth-order valence-electron chi connectivity index (χ4n) is 2.16. The molecular formula is C17H11F2N3O4. The normalized spacial score (nSPS) is 10.5. The number of carbonyl (C=O) groups is 2. The zero-order valence-electron chi connectivity index (χ0n) is 13.1. The smallest absolute Gasteiger partial charge is 0.335 e. The van der Waals surface area contributed by atoms with Gasteiger partial charge in [0.15, 0.2) is 0 Å². The number of carbonyl (C=O) groups excluding carboxylic acids is 1.